The highest BCUT2D eigenvalue weighted by atomic mass is 35.5. The SMILES string of the molecule is Cl.O=S(=O)(O)c1ccc2c(n1)CCNC2. The molecule has 0 saturated carbocycles. The average Bonchev–Trinajstić information content (AvgIpc) is 2.16. The number of hydrogen-bond acceptors (Lipinski definition) is 4. The van der Waals surface area contributed by atoms with Crippen LogP contribution in [0.2, 0.25) is 0 Å². The Hall–Kier alpha value is -0.690. The van der Waals surface area contributed by atoms with E-state index in [4.69, 9.17) is 4.55 Å². The van der Waals surface area contributed by atoms with Gasteiger partial charge >= 0.3 is 10.1 Å². The molecule has 1 aliphatic rings. The molecule has 1 aromatic rings. The second-order valence-corrected chi connectivity index (χ2v) is 4.53. The molecule has 0 fully saturated rings. The molecule has 0 spiro atoms. The molecule has 0 radical (unpaired) electrons. The fraction of sp³-hybridized carbons (Fsp3) is 0.375. The van der Waals surface area contributed by atoms with Gasteiger partial charge < -0.3 is 5.32 Å². The highest BCUT2D eigenvalue weighted by Crippen LogP contribution is 2.14. The highest BCUT2D eigenvalue weighted by molar-refractivity contribution is 7.85. The van der Waals surface area contributed by atoms with Crippen molar-refractivity contribution >= 4 is 22.5 Å². The van der Waals surface area contributed by atoms with Gasteiger partial charge in [0.05, 0.1) is 0 Å². The number of aromatic nitrogens is 1. The van der Waals surface area contributed by atoms with E-state index in [2.05, 4.69) is 10.3 Å². The van der Waals surface area contributed by atoms with Crippen LogP contribution in [0.25, 0.3) is 0 Å². The van der Waals surface area contributed by atoms with Crippen LogP contribution in [0, 0.1) is 0 Å². The second-order valence-electron chi connectivity index (χ2n) is 3.16. The lowest BCUT2D eigenvalue weighted by Gasteiger charge is -2.15. The van der Waals surface area contributed by atoms with Gasteiger partial charge in [-0.15, -0.1) is 12.4 Å². The molecule has 0 aromatic carbocycles. The summed E-state index contributed by atoms with van der Waals surface area (Å²) in [6.45, 7) is 1.49. The van der Waals surface area contributed by atoms with Crippen molar-refractivity contribution < 1.29 is 13.0 Å². The molecule has 84 valence electrons. The monoisotopic (exact) mass is 250 g/mol. The Morgan fingerprint density at radius 3 is 2.80 bits per heavy atom. The first-order valence-corrected chi connectivity index (χ1v) is 5.68. The van der Waals surface area contributed by atoms with Gasteiger partial charge in [0.1, 0.15) is 0 Å². The number of halogens is 1. The fourth-order valence-electron chi connectivity index (χ4n) is 1.46. The molecule has 0 bridgehead atoms. The van der Waals surface area contributed by atoms with Crippen molar-refractivity contribution in [3.8, 4) is 0 Å². The minimum Gasteiger partial charge on any atom is -0.312 e. The van der Waals surface area contributed by atoms with Gasteiger partial charge in [0, 0.05) is 25.2 Å². The van der Waals surface area contributed by atoms with Crippen LogP contribution in [0.1, 0.15) is 11.3 Å². The molecular formula is C8H11ClN2O3S. The van der Waals surface area contributed by atoms with Crippen molar-refractivity contribution in [1.82, 2.24) is 10.3 Å². The maximum absolute atomic E-state index is 10.8. The Kier molecular flexibility index (Phi) is 3.67. The van der Waals surface area contributed by atoms with Gasteiger partial charge in [-0.3, -0.25) is 4.55 Å². The quantitative estimate of drug-likeness (QED) is 0.705. The van der Waals surface area contributed by atoms with E-state index in [-0.39, 0.29) is 17.4 Å². The van der Waals surface area contributed by atoms with E-state index < -0.39 is 10.1 Å². The molecule has 2 heterocycles. The Morgan fingerprint density at radius 1 is 1.40 bits per heavy atom. The van der Waals surface area contributed by atoms with E-state index in [9.17, 15) is 8.42 Å². The van der Waals surface area contributed by atoms with Gasteiger partial charge in [-0.1, -0.05) is 6.07 Å². The summed E-state index contributed by atoms with van der Waals surface area (Å²) in [5.41, 5.74) is 1.74. The highest BCUT2D eigenvalue weighted by Gasteiger charge is 2.16. The van der Waals surface area contributed by atoms with Crippen LogP contribution in [0.15, 0.2) is 17.2 Å². The zero-order valence-corrected chi connectivity index (χ0v) is 9.44. The molecule has 1 aliphatic heterocycles. The van der Waals surface area contributed by atoms with E-state index in [0.717, 1.165) is 17.8 Å². The molecule has 7 heteroatoms. The third-order valence-corrected chi connectivity index (χ3v) is 2.92. The van der Waals surface area contributed by atoms with Crippen LogP contribution in [0.5, 0.6) is 0 Å². The van der Waals surface area contributed by atoms with E-state index in [0.29, 0.717) is 13.0 Å². The van der Waals surface area contributed by atoms with E-state index in [1.807, 2.05) is 0 Å². The summed E-state index contributed by atoms with van der Waals surface area (Å²) in [6.07, 6.45) is 0.693. The first kappa shape index (κ1) is 12.4. The van der Waals surface area contributed by atoms with Crippen LogP contribution in [0.3, 0.4) is 0 Å². The lowest BCUT2D eigenvalue weighted by Crippen LogP contribution is -2.25. The third-order valence-electron chi connectivity index (χ3n) is 2.16. The van der Waals surface area contributed by atoms with Crippen molar-refractivity contribution in [2.45, 2.75) is 18.0 Å². The average molecular weight is 251 g/mol. The number of nitrogens with one attached hydrogen (secondary N) is 1. The van der Waals surface area contributed by atoms with Gasteiger partial charge in [0.25, 0.3) is 0 Å². The third kappa shape index (κ3) is 2.66. The Morgan fingerprint density at radius 2 is 2.13 bits per heavy atom. The summed E-state index contributed by atoms with van der Waals surface area (Å²) in [4.78, 5) is 3.91. The minimum atomic E-state index is -4.17. The maximum atomic E-state index is 10.8. The van der Waals surface area contributed by atoms with Gasteiger partial charge in [0.15, 0.2) is 5.03 Å². The van der Waals surface area contributed by atoms with Crippen molar-refractivity contribution in [2.24, 2.45) is 0 Å². The Balaban J connectivity index is 0.00000112. The van der Waals surface area contributed by atoms with Crippen LogP contribution in [-0.4, -0.2) is 24.5 Å². The summed E-state index contributed by atoms with van der Waals surface area (Å²) in [5, 5.41) is 2.88. The van der Waals surface area contributed by atoms with E-state index in [1.165, 1.54) is 6.07 Å². The molecule has 1 aromatic heterocycles. The standard InChI is InChI=1S/C8H10N2O3S.ClH/c11-14(12,13)8-2-1-6-5-9-4-3-7(6)10-8;/h1-2,9H,3-5H2,(H,11,12,13);1H. The minimum absolute atomic E-state index is 0. The van der Waals surface area contributed by atoms with Crippen LogP contribution in [-0.2, 0) is 23.1 Å². The van der Waals surface area contributed by atoms with Crippen LogP contribution in [0.4, 0.5) is 0 Å². The van der Waals surface area contributed by atoms with Crippen molar-refractivity contribution in [2.75, 3.05) is 6.54 Å². The lowest BCUT2D eigenvalue weighted by atomic mass is 10.1. The number of pyridine rings is 1. The molecule has 0 atom stereocenters. The zero-order chi connectivity index (χ0) is 10.2. The largest absolute Gasteiger partial charge is 0.312 e. The van der Waals surface area contributed by atoms with Crippen molar-refractivity contribution in [1.29, 1.82) is 0 Å². The molecule has 5 nitrogen and oxygen atoms in total. The Labute approximate surface area is 94.1 Å². The van der Waals surface area contributed by atoms with Gasteiger partial charge in [-0.05, 0) is 11.6 Å². The molecule has 15 heavy (non-hydrogen) atoms. The van der Waals surface area contributed by atoms with E-state index >= 15 is 0 Å². The van der Waals surface area contributed by atoms with Crippen LogP contribution < -0.4 is 5.32 Å². The van der Waals surface area contributed by atoms with Gasteiger partial charge in [-0.25, -0.2) is 4.98 Å². The molecule has 0 amide bonds. The number of rotatable bonds is 1. The molecule has 2 N–H and O–H groups in total. The summed E-state index contributed by atoms with van der Waals surface area (Å²) >= 11 is 0. The lowest BCUT2D eigenvalue weighted by molar-refractivity contribution is 0.478. The second kappa shape index (κ2) is 4.44. The van der Waals surface area contributed by atoms with Gasteiger partial charge in [-0.2, -0.15) is 8.42 Å². The first-order chi connectivity index (χ1) is 6.57. The molecule has 0 aliphatic carbocycles. The predicted molar refractivity (Wildman–Crippen MR) is 56.7 cm³/mol. The summed E-state index contributed by atoms with van der Waals surface area (Å²) in [6, 6.07) is 3.00. The van der Waals surface area contributed by atoms with Gasteiger partial charge in [0.2, 0.25) is 0 Å². The van der Waals surface area contributed by atoms with Crippen LogP contribution >= 0.6 is 12.4 Å². The number of fused-ring (bicyclic) bond motifs is 1. The Bertz CT molecular complexity index is 461. The smallest absolute Gasteiger partial charge is 0.312 e. The fourth-order valence-corrected chi connectivity index (χ4v) is 1.93. The first-order valence-electron chi connectivity index (χ1n) is 4.24. The predicted octanol–water partition coefficient (Wildman–Crippen LogP) is 0.396. The zero-order valence-electron chi connectivity index (χ0n) is 7.80. The maximum Gasteiger partial charge on any atom is 0.312 e. The summed E-state index contributed by atoms with van der Waals surface area (Å²) < 4.78 is 30.4. The molecule has 2 rings (SSSR count). The molecule has 0 saturated heterocycles. The van der Waals surface area contributed by atoms with Crippen molar-refractivity contribution in [3.63, 3.8) is 0 Å². The number of nitrogens with zero attached hydrogens (tertiary/aromatic N) is 1. The topological polar surface area (TPSA) is 79.3 Å². The number of hydrogen-bond donors (Lipinski definition) is 2. The normalized spacial score (nSPS) is 15.3. The van der Waals surface area contributed by atoms with E-state index in [1.54, 1.807) is 6.07 Å². The van der Waals surface area contributed by atoms with Crippen molar-refractivity contribution in [3.05, 3.63) is 23.4 Å². The summed E-state index contributed by atoms with van der Waals surface area (Å²) in [5.74, 6) is 0. The molecule has 0 unspecified atom stereocenters. The molecular weight excluding hydrogens is 240 g/mol. The summed E-state index contributed by atoms with van der Waals surface area (Å²) in [7, 11) is -4.17.